The van der Waals surface area contributed by atoms with Gasteiger partial charge < -0.3 is 0 Å². The third-order valence-electron chi connectivity index (χ3n) is 1.74. The average molecular weight is 203 g/mol. The molecule has 12 heavy (non-hydrogen) atoms. The molecule has 4 nitrogen and oxygen atoms in total. The molecule has 0 bridgehead atoms. The second-order valence-corrected chi connectivity index (χ2v) is 5.48. The fourth-order valence-corrected chi connectivity index (χ4v) is 3.65. The molecule has 6 heteroatoms. The fraction of sp³-hybridized carbons (Fsp3) is 0.167. The van der Waals surface area contributed by atoms with E-state index < -0.39 is 15.9 Å². The van der Waals surface area contributed by atoms with Gasteiger partial charge in [-0.1, -0.05) is 0 Å². The highest BCUT2D eigenvalue weighted by molar-refractivity contribution is 7.92. The number of carbonyl (C=O) groups excluding carboxylic acids is 1. The van der Waals surface area contributed by atoms with E-state index in [0.717, 1.165) is 15.6 Å². The van der Waals surface area contributed by atoms with Crippen LogP contribution in [0.25, 0.3) is 0 Å². The maximum atomic E-state index is 11.4. The van der Waals surface area contributed by atoms with Crippen molar-refractivity contribution in [1.82, 2.24) is 4.31 Å². The molecule has 1 aliphatic heterocycles. The summed E-state index contributed by atoms with van der Waals surface area (Å²) in [5.74, 6) is -0.439. The van der Waals surface area contributed by atoms with E-state index in [4.69, 9.17) is 0 Å². The first-order chi connectivity index (χ1) is 5.55. The molecular weight excluding hydrogens is 198 g/mol. The van der Waals surface area contributed by atoms with Gasteiger partial charge in [-0.2, -0.15) is 0 Å². The van der Waals surface area contributed by atoms with Gasteiger partial charge in [-0.25, -0.2) is 12.7 Å². The standard InChI is InChI=1S/C6H5NO3S2/c1-7-5(8)4-2-3-11-6(4)12(7,9)10/h2-3H,1H3. The van der Waals surface area contributed by atoms with Crippen LogP contribution in [0.2, 0.25) is 0 Å². The second-order valence-electron chi connectivity index (χ2n) is 2.40. The maximum Gasteiger partial charge on any atom is 0.276 e. The number of hydrogen-bond donors (Lipinski definition) is 0. The monoisotopic (exact) mass is 203 g/mol. The van der Waals surface area contributed by atoms with E-state index in [1.54, 1.807) is 5.38 Å². The summed E-state index contributed by atoms with van der Waals surface area (Å²) < 4.78 is 23.7. The molecule has 64 valence electrons. The minimum Gasteiger partial charge on any atom is -0.268 e. The quantitative estimate of drug-likeness (QED) is 0.617. The minimum atomic E-state index is -3.49. The highest BCUT2D eigenvalue weighted by Crippen LogP contribution is 2.32. The van der Waals surface area contributed by atoms with E-state index in [9.17, 15) is 13.2 Å². The molecule has 1 aromatic rings. The number of nitrogens with zero attached hydrogens (tertiary/aromatic N) is 1. The summed E-state index contributed by atoms with van der Waals surface area (Å²) in [4.78, 5) is 11.2. The lowest BCUT2D eigenvalue weighted by molar-refractivity contribution is 0.0892. The Morgan fingerprint density at radius 1 is 1.50 bits per heavy atom. The van der Waals surface area contributed by atoms with Gasteiger partial charge in [0.2, 0.25) is 0 Å². The van der Waals surface area contributed by atoms with Crippen molar-refractivity contribution in [3.8, 4) is 0 Å². The van der Waals surface area contributed by atoms with E-state index in [0.29, 0.717) is 5.56 Å². The number of carbonyl (C=O) groups is 1. The van der Waals surface area contributed by atoms with Crippen LogP contribution in [0.1, 0.15) is 10.4 Å². The van der Waals surface area contributed by atoms with Crippen LogP contribution >= 0.6 is 11.3 Å². The lowest BCUT2D eigenvalue weighted by Gasteiger charge is -2.05. The summed E-state index contributed by atoms with van der Waals surface area (Å²) in [6, 6.07) is 1.53. The molecule has 1 amide bonds. The van der Waals surface area contributed by atoms with Crippen LogP contribution in [0.15, 0.2) is 15.7 Å². The summed E-state index contributed by atoms with van der Waals surface area (Å²) >= 11 is 1.08. The fourth-order valence-electron chi connectivity index (χ4n) is 1.06. The molecule has 1 aliphatic rings. The lowest BCUT2D eigenvalue weighted by atomic mass is 10.3. The van der Waals surface area contributed by atoms with Gasteiger partial charge in [0, 0.05) is 7.05 Å². The second kappa shape index (κ2) is 2.08. The Bertz CT molecular complexity index is 445. The highest BCUT2D eigenvalue weighted by Gasteiger charge is 2.39. The Kier molecular flexibility index (Phi) is 1.34. The van der Waals surface area contributed by atoms with Crippen molar-refractivity contribution in [2.24, 2.45) is 0 Å². The minimum absolute atomic E-state index is 0.162. The third kappa shape index (κ3) is 0.709. The van der Waals surface area contributed by atoms with E-state index in [1.165, 1.54) is 13.1 Å². The van der Waals surface area contributed by atoms with Crippen LogP contribution in [-0.2, 0) is 10.0 Å². The number of thiophene rings is 1. The summed E-state index contributed by atoms with van der Waals surface area (Å²) in [6.45, 7) is 0. The van der Waals surface area contributed by atoms with E-state index in [1.807, 2.05) is 0 Å². The first-order valence-corrected chi connectivity index (χ1v) is 5.48. The number of sulfonamides is 1. The van der Waals surface area contributed by atoms with Crippen molar-refractivity contribution in [3.63, 3.8) is 0 Å². The highest BCUT2D eigenvalue weighted by atomic mass is 32.2. The SMILES string of the molecule is CN1C(=O)c2ccsc2S1(=O)=O. The summed E-state index contributed by atoms with van der Waals surface area (Å²) in [5, 5.41) is 1.60. The number of rotatable bonds is 0. The van der Waals surface area contributed by atoms with Crippen molar-refractivity contribution in [2.45, 2.75) is 4.21 Å². The molecule has 0 N–H and O–H groups in total. The molecule has 0 saturated heterocycles. The van der Waals surface area contributed by atoms with Gasteiger partial charge in [-0.15, -0.1) is 11.3 Å². The van der Waals surface area contributed by atoms with Gasteiger partial charge in [0.05, 0.1) is 5.56 Å². The maximum absolute atomic E-state index is 11.4. The van der Waals surface area contributed by atoms with Gasteiger partial charge in [0.1, 0.15) is 0 Å². The molecule has 0 spiro atoms. The van der Waals surface area contributed by atoms with Crippen LogP contribution in [0.4, 0.5) is 0 Å². The van der Waals surface area contributed by atoms with Crippen LogP contribution in [0, 0.1) is 0 Å². The van der Waals surface area contributed by atoms with Crippen molar-refractivity contribution < 1.29 is 13.2 Å². The predicted molar refractivity (Wildman–Crippen MR) is 43.6 cm³/mol. The molecular formula is C6H5NO3S2. The van der Waals surface area contributed by atoms with Crippen molar-refractivity contribution >= 4 is 27.3 Å². The Morgan fingerprint density at radius 2 is 2.17 bits per heavy atom. The number of hydrogen-bond acceptors (Lipinski definition) is 4. The van der Waals surface area contributed by atoms with Crippen LogP contribution < -0.4 is 0 Å². The average Bonchev–Trinajstić information content (AvgIpc) is 2.54. The summed E-state index contributed by atoms with van der Waals surface area (Å²) in [6.07, 6.45) is 0. The molecule has 0 atom stereocenters. The predicted octanol–water partition coefficient (Wildman–Crippen LogP) is 0.522. The van der Waals surface area contributed by atoms with Crippen molar-refractivity contribution in [3.05, 3.63) is 17.0 Å². The topological polar surface area (TPSA) is 54.5 Å². The van der Waals surface area contributed by atoms with Gasteiger partial charge in [0.25, 0.3) is 15.9 Å². The van der Waals surface area contributed by atoms with Crippen LogP contribution in [-0.4, -0.2) is 25.7 Å². The van der Waals surface area contributed by atoms with Crippen LogP contribution in [0.5, 0.6) is 0 Å². The Morgan fingerprint density at radius 3 is 2.75 bits per heavy atom. The van der Waals surface area contributed by atoms with Gasteiger partial charge in [-0.3, -0.25) is 4.79 Å². The zero-order valence-corrected chi connectivity index (χ0v) is 7.78. The van der Waals surface area contributed by atoms with Gasteiger partial charge in [0.15, 0.2) is 4.21 Å². The third-order valence-corrected chi connectivity index (χ3v) is 4.94. The Balaban J connectivity index is 2.82. The van der Waals surface area contributed by atoms with Crippen LogP contribution in [0.3, 0.4) is 0 Å². The normalized spacial score (nSPS) is 19.8. The first kappa shape index (κ1) is 7.75. The molecule has 0 aliphatic carbocycles. The Labute approximate surface area is 73.5 Å². The van der Waals surface area contributed by atoms with Crippen molar-refractivity contribution in [2.75, 3.05) is 7.05 Å². The van der Waals surface area contributed by atoms with Crippen molar-refractivity contribution in [1.29, 1.82) is 0 Å². The zero-order valence-electron chi connectivity index (χ0n) is 6.14. The largest absolute Gasteiger partial charge is 0.276 e. The zero-order chi connectivity index (χ0) is 8.93. The van der Waals surface area contributed by atoms with E-state index in [-0.39, 0.29) is 4.21 Å². The molecule has 1 aromatic heterocycles. The first-order valence-electron chi connectivity index (χ1n) is 3.16. The summed E-state index contributed by atoms with van der Waals surface area (Å²) in [5.41, 5.74) is 0.294. The smallest absolute Gasteiger partial charge is 0.268 e. The molecule has 2 rings (SSSR count). The number of amides is 1. The Hall–Kier alpha value is -0.880. The van der Waals surface area contributed by atoms with Gasteiger partial charge in [-0.05, 0) is 11.4 Å². The van der Waals surface area contributed by atoms with E-state index in [2.05, 4.69) is 0 Å². The van der Waals surface area contributed by atoms with Gasteiger partial charge >= 0.3 is 0 Å². The molecule has 0 unspecified atom stereocenters. The molecule has 0 radical (unpaired) electrons. The summed E-state index contributed by atoms with van der Waals surface area (Å²) in [7, 11) is -2.22. The van der Waals surface area contributed by atoms with E-state index >= 15 is 0 Å². The molecule has 0 saturated carbocycles. The molecule has 0 aromatic carbocycles. The lowest BCUT2D eigenvalue weighted by Crippen LogP contribution is -2.24. The molecule has 2 heterocycles. The molecule has 0 fully saturated rings. The number of fused-ring (bicyclic) bond motifs is 1.